The predicted octanol–water partition coefficient (Wildman–Crippen LogP) is 16.5. The molecule has 0 radical (unpaired) electrons. The van der Waals surface area contributed by atoms with Gasteiger partial charge >= 0.3 is 0 Å². The molecule has 3 nitrogen and oxygen atoms in total. The Kier molecular flexibility index (Phi) is 13.2. The van der Waals surface area contributed by atoms with Crippen LogP contribution in [0.5, 0.6) is 11.5 Å². The lowest BCUT2D eigenvalue weighted by Crippen LogP contribution is -2.01. The minimum Gasteiger partial charge on any atom is -0.457 e. The Morgan fingerprint density at radius 1 is 0.208 bits per heavy atom. The molecule has 0 saturated carbocycles. The molecule has 0 N–H and O–H groups in total. The molecule has 12 rings (SSSR count). The van der Waals surface area contributed by atoms with E-state index in [1.165, 1.54) is 0 Å². The second kappa shape index (κ2) is 21.5. The van der Waals surface area contributed by atoms with Crippen LogP contribution in [0.4, 0.5) is 0 Å². The van der Waals surface area contributed by atoms with Gasteiger partial charge in [-0.3, -0.25) is 9.59 Å². The standard InChI is InChI=1S/C74H46O3/c75-73-69(55-27-11-3-12-28-55)65(67(71(73)57-31-15-5-16-32-57)61-35-19-25-53(49-61)39-37-51-21-7-1-8-22-51)59-41-45-63(46-42-59)77-64-47-43-60(44-48-64)66-68(62-36-20-26-54(50-62)40-38-52-23-9-2-10-24-52)72(58-33-17-6-18-34-58)74(76)70(66)56-29-13-4-14-30-56/h1-36,41-50H. The van der Waals surface area contributed by atoms with Crippen molar-refractivity contribution in [1.29, 1.82) is 0 Å². The van der Waals surface area contributed by atoms with Crippen LogP contribution < -0.4 is 4.74 Å². The zero-order valence-electron chi connectivity index (χ0n) is 41.8. The Balaban J connectivity index is 0.920. The van der Waals surface area contributed by atoms with Gasteiger partial charge in [0.1, 0.15) is 11.5 Å². The predicted molar refractivity (Wildman–Crippen MR) is 314 cm³/mol. The number of benzene rings is 10. The smallest absolute Gasteiger partial charge is 0.195 e. The number of rotatable bonds is 10. The van der Waals surface area contributed by atoms with Gasteiger partial charge < -0.3 is 4.74 Å². The SMILES string of the molecule is O=C1C(c2ccccc2)=C(c2ccc(Oc3ccc(C4=C(c5ccccc5)C(=O)C(c5ccccc5)=C4c4cccc(C#Cc5ccccc5)c4)cc3)cc2)C(c2cccc(C#Cc3ccccc3)c2)=C1c1ccccc1. The first kappa shape index (κ1) is 47.4. The van der Waals surface area contributed by atoms with Crippen molar-refractivity contribution in [2.75, 3.05) is 0 Å². The summed E-state index contributed by atoms with van der Waals surface area (Å²) in [6.45, 7) is 0. The Morgan fingerprint density at radius 2 is 0.442 bits per heavy atom. The van der Waals surface area contributed by atoms with Crippen LogP contribution in [0.2, 0.25) is 0 Å². The summed E-state index contributed by atoms with van der Waals surface area (Å²) in [4.78, 5) is 30.2. The topological polar surface area (TPSA) is 43.4 Å². The lowest BCUT2D eigenvalue weighted by molar-refractivity contribution is -0.109. The van der Waals surface area contributed by atoms with E-state index >= 15 is 9.59 Å². The zero-order valence-corrected chi connectivity index (χ0v) is 41.8. The van der Waals surface area contributed by atoms with Gasteiger partial charge in [0.25, 0.3) is 0 Å². The van der Waals surface area contributed by atoms with Crippen LogP contribution >= 0.6 is 0 Å². The Morgan fingerprint density at radius 3 is 0.753 bits per heavy atom. The van der Waals surface area contributed by atoms with Crippen molar-refractivity contribution in [2.45, 2.75) is 0 Å². The Labute approximate surface area is 449 Å². The summed E-state index contributed by atoms with van der Waals surface area (Å²) >= 11 is 0. The van der Waals surface area contributed by atoms with Crippen molar-refractivity contribution in [1.82, 2.24) is 0 Å². The van der Waals surface area contributed by atoms with Gasteiger partial charge in [-0.2, -0.15) is 0 Å². The third kappa shape index (κ3) is 9.85. The molecule has 0 unspecified atom stereocenters. The summed E-state index contributed by atoms with van der Waals surface area (Å²) in [5.74, 6) is 14.5. The Bertz CT molecular complexity index is 3850. The average molecular weight is 983 g/mol. The normalized spacial score (nSPS) is 13.1. The fraction of sp³-hybridized carbons (Fsp3) is 0. The molecule has 0 atom stereocenters. The van der Waals surface area contributed by atoms with E-state index in [1.54, 1.807) is 0 Å². The molecule has 0 saturated heterocycles. The molecule has 0 amide bonds. The number of hydrogen-bond acceptors (Lipinski definition) is 3. The summed E-state index contributed by atoms with van der Waals surface area (Å²) in [6, 6.07) is 91.8. The lowest BCUT2D eigenvalue weighted by atomic mass is 9.88. The van der Waals surface area contributed by atoms with Crippen LogP contribution in [0.1, 0.15) is 66.8 Å². The molecular formula is C74H46O3. The largest absolute Gasteiger partial charge is 0.457 e. The van der Waals surface area contributed by atoms with Crippen molar-refractivity contribution < 1.29 is 14.3 Å². The van der Waals surface area contributed by atoms with E-state index < -0.39 is 0 Å². The van der Waals surface area contributed by atoms with Gasteiger partial charge in [-0.15, -0.1) is 0 Å². The highest BCUT2D eigenvalue weighted by atomic mass is 16.5. The molecule has 0 spiro atoms. The molecule has 2 aliphatic carbocycles. The highest BCUT2D eigenvalue weighted by Crippen LogP contribution is 2.52. The van der Waals surface area contributed by atoms with E-state index in [2.05, 4.69) is 47.9 Å². The number of hydrogen-bond donors (Lipinski definition) is 0. The molecule has 0 aromatic heterocycles. The highest BCUT2D eigenvalue weighted by molar-refractivity contribution is 6.60. The molecule has 0 fully saturated rings. The lowest BCUT2D eigenvalue weighted by Gasteiger charge is -2.16. The summed E-state index contributed by atoms with van der Waals surface area (Å²) < 4.78 is 6.62. The molecule has 0 bridgehead atoms. The van der Waals surface area contributed by atoms with Gasteiger partial charge in [0.05, 0.1) is 0 Å². The van der Waals surface area contributed by atoms with E-state index in [9.17, 15) is 0 Å². The molecule has 10 aromatic rings. The number of allylic oxidation sites excluding steroid dienone is 8. The molecule has 0 aliphatic heterocycles. The molecular weight excluding hydrogens is 937 g/mol. The van der Waals surface area contributed by atoms with Crippen LogP contribution in [-0.2, 0) is 9.59 Å². The maximum Gasteiger partial charge on any atom is 0.195 e. The fourth-order valence-electron chi connectivity index (χ4n) is 10.2. The van der Waals surface area contributed by atoms with Crippen molar-refractivity contribution in [3.63, 3.8) is 0 Å². The molecule has 2 aliphatic rings. The average Bonchev–Trinajstić information content (AvgIpc) is 4.05. The maximum atomic E-state index is 15.1. The number of carbonyl (C=O) groups is 2. The van der Waals surface area contributed by atoms with E-state index in [0.29, 0.717) is 33.8 Å². The second-order valence-corrected chi connectivity index (χ2v) is 18.7. The van der Waals surface area contributed by atoms with Crippen LogP contribution in [0, 0.1) is 23.7 Å². The van der Waals surface area contributed by atoms with Crippen molar-refractivity contribution in [3.05, 3.63) is 346 Å². The molecule has 10 aromatic carbocycles. The molecule has 360 valence electrons. The van der Waals surface area contributed by atoms with Gasteiger partial charge in [-0.05, 0) is 117 Å². The van der Waals surface area contributed by atoms with Gasteiger partial charge in [-0.25, -0.2) is 0 Å². The third-order valence-electron chi connectivity index (χ3n) is 13.7. The van der Waals surface area contributed by atoms with E-state index in [4.69, 9.17) is 4.74 Å². The van der Waals surface area contributed by atoms with E-state index in [1.807, 2.05) is 255 Å². The fourth-order valence-corrected chi connectivity index (χ4v) is 10.2. The van der Waals surface area contributed by atoms with E-state index in [0.717, 1.165) is 89.1 Å². The van der Waals surface area contributed by atoms with Gasteiger partial charge in [0, 0.05) is 66.8 Å². The van der Waals surface area contributed by atoms with Crippen LogP contribution in [0.3, 0.4) is 0 Å². The first-order chi connectivity index (χ1) is 38.0. The van der Waals surface area contributed by atoms with Crippen LogP contribution in [0.25, 0.3) is 44.6 Å². The van der Waals surface area contributed by atoms with Crippen molar-refractivity contribution in [3.8, 4) is 35.2 Å². The summed E-state index contributed by atoms with van der Waals surface area (Å²) in [5.41, 5.74) is 16.3. The quantitative estimate of drug-likeness (QED) is 0.128. The Hall–Kier alpha value is -10.6. The zero-order chi connectivity index (χ0) is 51.9. The maximum absolute atomic E-state index is 15.1. The van der Waals surface area contributed by atoms with Crippen molar-refractivity contribution in [2.24, 2.45) is 0 Å². The number of carbonyl (C=O) groups excluding carboxylic acids is 2. The minimum atomic E-state index is -0.0404. The second-order valence-electron chi connectivity index (χ2n) is 18.7. The summed E-state index contributed by atoms with van der Waals surface area (Å²) in [5, 5.41) is 0. The highest BCUT2D eigenvalue weighted by Gasteiger charge is 2.37. The van der Waals surface area contributed by atoms with E-state index in [-0.39, 0.29) is 11.6 Å². The van der Waals surface area contributed by atoms with Gasteiger partial charge in [0.15, 0.2) is 11.6 Å². The monoisotopic (exact) mass is 982 g/mol. The van der Waals surface area contributed by atoms with Crippen molar-refractivity contribution >= 4 is 56.2 Å². The van der Waals surface area contributed by atoms with Crippen LogP contribution in [-0.4, -0.2) is 11.6 Å². The van der Waals surface area contributed by atoms with Crippen LogP contribution in [0.15, 0.2) is 279 Å². The summed E-state index contributed by atoms with van der Waals surface area (Å²) in [6.07, 6.45) is 0. The van der Waals surface area contributed by atoms with Gasteiger partial charge in [-0.1, -0.05) is 230 Å². The third-order valence-corrected chi connectivity index (χ3v) is 13.7. The first-order valence-corrected chi connectivity index (χ1v) is 25.6. The summed E-state index contributed by atoms with van der Waals surface area (Å²) in [7, 11) is 0. The van der Waals surface area contributed by atoms with Gasteiger partial charge in [0.2, 0.25) is 0 Å². The molecule has 77 heavy (non-hydrogen) atoms. The number of ether oxygens (including phenoxy) is 1. The minimum absolute atomic E-state index is 0.0404. The number of Topliss-reactive ketones (excluding diaryl/α,β-unsaturated/α-hetero) is 2. The first-order valence-electron chi connectivity index (χ1n) is 25.6. The molecule has 0 heterocycles. The number of ketones is 2. The molecule has 3 heteroatoms.